The average molecular weight is 220 g/mol. The lowest BCUT2D eigenvalue weighted by atomic mass is 10.0. The van der Waals surface area contributed by atoms with Crippen molar-refractivity contribution < 1.29 is 0 Å². The van der Waals surface area contributed by atoms with Crippen LogP contribution in [0.2, 0.25) is 0 Å². The van der Waals surface area contributed by atoms with E-state index in [1.165, 1.54) is 43.5 Å². The highest BCUT2D eigenvalue weighted by Crippen LogP contribution is 2.36. The maximum absolute atomic E-state index is 5.90. The van der Waals surface area contributed by atoms with E-state index in [1.807, 2.05) is 0 Å². The van der Waals surface area contributed by atoms with Gasteiger partial charge >= 0.3 is 0 Å². The molecule has 0 spiro atoms. The molecule has 1 aromatic heterocycles. The fourth-order valence-electron chi connectivity index (χ4n) is 3.06. The topological polar surface area (TPSA) is 55.9 Å². The van der Waals surface area contributed by atoms with Crippen LogP contribution >= 0.6 is 0 Å². The van der Waals surface area contributed by atoms with Gasteiger partial charge < -0.3 is 15.6 Å². The van der Waals surface area contributed by atoms with Gasteiger partial charge in [-0.05, 0) is 19.3 Å². The second-order valence-corrected chi connectivity index (χ2v) is 4.88. The second-order valence-electron chi connectivity index (χ2n) is 4.88. The summed E-state index contributed by atoms with van der Waals surface area (Å²) in [5, 5.41) is 3.38. The molecule has 0 bridgehead atoms. The molecule has 88 valence electrons. The molecule has 3 rings (SSSR count). The lowest BCUT2D eigenvalue weighted by Crippen LogP contribution is -2.19. The molecule has 0 atom stereocenters. The Kier molecular flexibility index (Phi) is 2.59. The van der Waals surface area contributed by atoms with Crippen LogP contribution in [0.15, 0.2) is 0 Å². The maximum Gasteiger partial charge on any atom is 0.203 e. The van der Waals surface area contributed by atoms with Gasteiger partial charge in [0.25, 0.3) is 0 Å². The zero-order valence-electron chi connectivity index (χ0n) is 9.71. The van der Waals surface area contributed by atoms with Gasteiger partial charge in [0, 0.05) is 25.6 Å². The molecule has 0 aromatic carbocycles. The number of anilines is 1. The van der Waals surface area contributed by atoms with E-state index in [4.69, 9.17) is 10.7 Å². The molecule has 2 heterocycles. The van der Waals surface area contributed by atoms with E-state index < -0.39 is 0 Å². The van der Waals surface area contributed by atoms with Crippen LogP contribution in [-0.2, 0) is 13.1 Å². The summed E-state index contributed by atoms with van der Waals surface area (Å²) in [6.07, 6.45) is 6.47. The van der Waals surface area contributed by atoms with Crippen LogP contribution in [0.3, 0.4) is 0 Å². The van der Waals surface area contributed by atoms with Crippen LogP contribution < -0.4 is 11.1 Å². The number of nitrogens with two attached hydrogens (primary N) is 1. The number of nitrogens with one attached hydrogen (secondary N) is 1. The lowest BCUT2D eigenvalue weighted by molar-refractivity contribution is 0.598. The molecule has 16 heavy (non-hydrogen) atoms. The molecule has 0 amide bonds. The minimum Gasteiger partial charge on any atom is -0.356 e. The summed E-state index contributed by atoms with van der Waals surface area (Å²) in [5.41, 5.74) is 8.45. The highest BCUT2D eigenvalue weighted by molar-refractivity contribution is 5.37. The molecule has 0 unspecified atom stereocenters. The molecule has 0 saturated heterocycles. The van der Waals surface area contributed by atoms with Crippen LogP contribution in [0.5, 0.6) is 0 Å². The van der Waals surface area contributed by atoms with Crippen molar-refractivity contribution in [2.75, 3.05) is 11.9 Å². The van der Waals surface area contributed by atoms with E-state index in [2.05, 4.69) is 9.88 Å². The predicted octanol–water partition coefficient (Wildman–Crippen LogP) is 1.81. The molecule has 4 nitrogen and oxygen atoms in total. The van der Waals surface area contributed by atoms with Gasteiger partial charge in [0.2, 0.25) is 5.95 Å². The highest BCUT2D eigenvalue weighted by atomic mass is 15.2. The Morgan fingerprint density at radius 2 is 2.12 bits per heavy atom. The van der Waals surface area contributed by atoms with Crippen molar-refractivity contribution in [3.8, 4) is 0 Å². The van der Waals surface area contributed by atoms with Crippen molar-refractivity contribution in [1.82, 2.24) is 9.55 Å². The van der Waals surface area contributed by atoms with Crippen molar-refractivity contribution in [2.24, 2.45) is 5.73 Å². The van der Waals surface area contributed by atoms with Crippen molar-refractivity contribution in [1.29, 1.82) is 0 Å². The van der Waals surface area contributed by atoms with Crippen LogP contribution in [-0.4, -0.2) is 16.1 Å². The van der Waals surface area contributed by atoms with Crippen LogP contribution in [0.1, 0.15) is 49.4 Å². The number of hydrogen-bond acceptors (Lipinski definition) is 3. The van der Waals surface area contributed by atoms with E-state index in [-0.39, 0.29) is 0 Å². The fourth-order valence-corrected chi connectivity index (χ4v) is 3.06. The first-order valence-corrected chi connectivity index (χ1v) is 6.43. The third kappa shape index (κ3) is 1.52. The number of nitrogens with zero attached hydrogens (tertiary/aromatic N) is 2. The molecule has 0 radical (unpaired) electrons. The summed E-state index contributed by atoms with van der Waals surface area (Å²) in [6.45, 7) is 2.75. The van der Waals surface area contributed by atoms with Crippen molar-refractivity contribution in [3.63, 3.8) is 0 Å². The first-order chi connectivity index (χ1) is 7.90. The number of imidazole rings is 1. The number of hydrogen-bond donors (Lipinski definition) is 2. The van der Waals surface area contributed by atoms with Crippen molar-refractivity contribution in [3.05, 3.63) is 11.4 Å². The summed E-state index contributed by atoms with van der Waals surface area (Å²) in [5.74, 6) is 1.71. The van der Waals surface area contributed by atoms with E-state index in [0.29, 0.717) is 12.5 Å². The Morgan fingerprint density at radius 1 is 1.31 bits per heavy atom. The van der Waals surface area contributed by atoms with Crippen LogP contribution in [0.4, 0.5) is 5.95 Å². The van der Waals surface area contributed by atoms with Gasteiger partial charge in [-0.15, -0.1) is 0 Å². The van der Waals surface area contributed by atoms with E-state index in [9.17, 15) is 0 Å². The average Bonchev–Trinajstić information content (AvgIpc) is 2.95. The summed E-state index contributed by atoms with van der Waals surface area (Å²) in [4.78, 5) is 4.78. The Hall–Kier alpha value is -1.03. The third-order valence-electron chi connectivity index (χ3n) is 3.88. The molecule has 1 aromatic rings. The smallest absolute Gasteiger partial charge is 0.203 e. The van der Waals surface area contributed by atoms with Crippen LogP contribution in [0.25, 0.3) is 0 Å². The Labute approximate surface area is 96.2 Å². The Balaban J connectivity index is 1.99. The molecular formula is C12H20N4. The quantitative estimate of drug-likeness (QED) is 0.799. The van der Waals surface area contributed by atoms with Gasteiger partial charge in [-0.1, -0.05) is 12.8 Å². The molecular weight excluding hydrogens is 200 g/mol. The molecule has 4 heteroatoms. The molecule has 1 fully saturated rings. The number of rotatable bonds is 2. The van der Waals surface area contributed by atoms with Gasteiger partial charge in [0.15, 0.2) is 0 Å². The molecule has 3 N–H and O–H groups in total. The van der Waals surface area contributed by atoms with Crippen LogP contribution in [0, 0.1) is 0 Å². The van der Waals surface area contributed by atoms with Gasteiger partial charge in [-0.25, -0.2) is 4.98 Å². The van der Waals surface area contributed by atoms with Crippen molar-refractivity contribution in [2.45, 2.75) is 51.1 Å². The maximum atomic E-state index is 5.90. The first-order valence-electron chi connectivity index (χ1n) is 6.43. The second kappa shape index (κ2) is 4.09. The summed E-state index contributed by atoms with van der Waals surface area (Å²) < 4.78 is 2.29. The monoisotopic (exact) mass is 220 g/mol. The minimum absolute atomic E-state index is 0.626. The molecule has 1 aliphatic carbocycles. The van der Waals surface area contributed by atoms with Gasteiger partial charge in [0.1, 0.15) is 0 Å². The number of fused-ring (bicyclic) bond motifs is 1. The fraction of sp³-hybridized carbons (Fsp3) is 0.750. The summed E-state index contributed by atoms with van der Waals surface area (Å²) in [6, 6.07) is 0. The standard InChI is InChI=1S/C12H20N4/c13-8-10-11(9-4-1-2-5-9)15-12-14-6-3-7-16(10)12/h9H,1-8,13H2,(H,14,15). The first kappa shape index (κ1) is 10.1. The summed E-state index contributed by atoms with van der Waals surface area (Å²) >= 11 is 0. The molecule has 1 saturated carbocycles. The molecule has 2 aliphatic rings. The Bertz CT molecular complexity index is 377. The normalized spacial score (nSPS) is 20.8. The Morgan fingerprint density at radius 3 is 2.88 bits per heavy atom. The predicted molar refractivity (Wildman–Crippen MR) is 64.4 cm³/mol. The number of aromatic nitrogens is 2. The third-order valence-corrected chi connectivity index (χ3v) is 3.88. The highest BCUT2D eigenvalue weighted by Gasteiger charge is 2.26. The minimum atomic E-state index is 0.626. The van der Waals surface area contributed by atoms with E-state index in [1.54, 1.807) is 0 Å². The molecule has 1 aliphatic heterocycles. The zero-order chi connectivity index (χ0) is 11.0. The largest absolute Gasteiger partial charge is 0.356 e. The van der Waals surface area contributed by atoms with E-state index >= 15 is 0 Å². The van der Waals surface area contributed by atoms with Gasteiger partial charge in [0.05, 0.1) is 11.4 Å². The SMILES string of the molecule is NCc1c(C2CCCC2)nc2n1CCCN2. The summed E-state index contributed by atoms with van der Waals surface area (Å²) in [7, 11) is 0. The van der Waals surface area contributed by atoms with E-state index in [0.717, 1.165) is 19.0 Å². The van der Waals surface area contributed by atoms with Gasteiger partial charge in [-0.2, -0.15) is 0 Å². The van der Waals surface area contributed by atoms with Gasteiger partial charge in [-0.3, -0.25) is 0 Å². The lowest BCUT2D eigenvalue weighted by Gasteiger charge is -2.17. The van der Waals surface area contributed by atoms with Crippen molar-refractivity contribution >= 4 is 5.95 Å². The zero-order valence-corrected chi connectivity index (χ0v) is 9.71.